The van der Waals surface area contributed by atoms with Crippen molar-refractivity contribution in [2.24, 2.45) is 0 Å². The Morgan fingerprint density at radius 3 is 2.29 bits per heavy atom. The Hall–Kier alpha value is -4.09. The molecule has 10 heteroatoms. The molecule has 10 nitrogen and oxygen atoms in total. The van der Waals surface area contributed by atoms with E-state index in [4.69, 9.17) is 19.3 Å². The maximum absolute atomic E-state index is 13.1. The number of aliphatic carboxylic acids is 1. The highest BCUT2D eigenvalue weighted by atomic mass is 16.7. The first kappa shape index (κ1) is 39.1. The third-order valence-corrected chi connectivity index (χ3v) is 9.55. The van der Waals surface area contributed by atoms with Crippen LogP contribution in [0.4, 0.5) is 0 Å². The van der Waals surface area contributed by atoms with Gasteiger partial charge in [0.15, 0.2) is 6.29 Å². The first-order chi connectivity index (χ1) is 25.0. The highest BCUT2D eigenvalue weighted by Crippen LogP contribution is 2.39. The van der Waals surface area contributed by atoms with Crippen LogP contribution in [0.3, 0.4) is 0 Å². The number of hydrogen-bond donors (Lipinski definition) is 3. The van der Waals surface area contributed by atoms with E-state index in [1.54, 1.807) is 0 Å². The molecule has 0 radical (unpaired) electrons. The Kier molecular flexibility index (Phi) is 14.0. The van der Waals surface area contributed by atoms with Gasteiger partial charge in [0.2, 0.25) is 5.91 Å². The average molecular weight is 715 g/mol. The summed E-state index contributed by atoms with van der Waals surface area (Å²) in [6.07, 6.45) is 4.81. The van der Waals surface area contributed by atoms with Gasteiger partial charge in [0, 0.05) is 37.9 Å². The topological polar surface area (TPSA) is 135 Å². The lowest BCUT2D eigenvalue weighted by molar-refractivity contribution is -0.253. The molecule has 4 atom stereocenters. The number of carboxylic acid groups (broad SMARTS) is 1. The predicted octanol–water partition coefficient (Wildman–Crippen LogP) is 7.24. The number of carbonyl (C=O) groups excluding carboxylic acids is 2. The second kappa shape index (κ2) is 18.6. The van der Waals surface area contributed by atoms with Gasteiger partial charge in [0.05, 0.1) is 18.8 Å². The van der Waals surface area contributed by atoms with Crippen molar-refractivity contribution < 1.29 is 38.8 Å². The number of nitrogens with zero attached hydrogens (tertiary/aromatic N) is 1. The zero-order valence-corrected chi connectivity index (χ0v) is 30.7. The molecule has 5 rings (SSSR count). The fraction of sp³-hybridized carbons (Fsp3) is 0.500. The zero-order chi connectivity index (χ0) is 37.1. The minimum Gasteiger partial charge on any atom is -0.481 e. The number of carbonyl (C=O) groups is 3. The molecule has 3 aromatic carbocycles. The maximum Gasteiger partial charge on any atom is 0.323 e. The van der Waals surface area contributed by atoms with Crippen LogP contribution in [0.1, 0.15) is 113 Å². The van der Waals surface area contributed by atoms with Gasteiger partial charge in [-0.25, -0.2) is 0 Å². The van der Waals surface area contributed by atoms with Crippen molar-refractivity contribution in [1.82, 2.24) is 10.2 Å². The molecule has 2 fully saturated rings. The number of unbranched alkanes of at least 4 members (excludes halogenated alkanes) is 3. The molecule has 52 heavy (non-hydrogen) atoms. The average Bonchev–Trinajstić information content (AvgIpc) is 3.60. The normalized spacial score (nSPS) is 20.8. The van der Waals surface area contributed by atoms with Crippen molar-refractivity contribution in [2.45, 2.75) is 122 Å². The molecule has 0 unspecified atom stereocenters. The van der Waals surface area contributed by atoms with Crippen LogP contribution in [0.5, 0.6) is 0 Å². The van der Waals surface area contributed by atoms with Crippen molar-refractivity contribution in [1.29, 1.82) is 0 Å². The van der Waals surface area contributed by atoms with Gasteiger partial charge in [-0.2, -0.15) is 0 Å². The van der Waals surface area contributed by atoms with Gasteiger partial charge in [-0.05, 0) is 92.9 Å². The zero-order valence-electron chi connectivity index (χ0n) is 30.7. The van der Waals surface area contributed by atoms with E-state index in [0.29, 0.717) is 32.4 Å². The first-order valence-electron chi connectivity index (χ1n) is 18.6. The molecule has 0 aromatic heterocycles. The van der Waals surface area contributed by atoms with E-state index in [2.05, 4.69) is 22.3 Å². The standard InChI is InChI=1S/C42H54N2O8/c1-42(2,3)52-40(49)36-15-10-22-44(36)27-35-25-37(31-20-18-29(28-45)19-21-31)51-41(50-35)34-14-9-13-33(24-34)32-12-8-11-30(23-32)26-43-38(46)16-6-4-5-7-17-39(47)48/h8-9,11-14,18-21,23-24,35-37,41,45H,4-7,10,15-17,22,25-28H2,1-3H3,(H,43,46)(H,47,48)/t35-,36+,37+,41+/m1/s1. The smallest absolute Gasteiger partial charge is 0.323 e. The number of aliphatic hydroxyl groups excluding tert-OH is 1. The highest BCUT2D eigenvalue weighted by Gasteiger charge is 2.39. The van der Waals surface area contributed by atoms with Crippen molar-refractivity contribution in [3.63, 3.8) is 0 Å². The van der Waals surface area contributed by atoms with Crippen molar-refractivity contribution in [3.8, 4) is 11.1 Å². The third kappa shape index (κ3) is 11.7. The van der Waals surface area contributed by atoms with Crippen LogP contribution in [0, 0.1) is 0 Å². The molecule has 0 aliphatic carbocycles. The molecule has 280 valence electrons. The Morgan fingerprint density at radius 1 is 0.865 bits per heavy atom. The molecule has 2 aliphatic heterocycles. The van der Waals surface area contributed by atoms with E-state index in [1.165, 1.54) is 0 Å². The van der Waals surface area contributed by atoms with Crippen molar-refractivity contribution in [2.75, 3.05) is 13.1 Å². The number of rotatable bonds is 16. The summed E-state index contributed by atoms with van der Waals surface area (Å²) in [5, 5.41) is 21.4. The maximum atomic E-state index is 13.1. The Bertz CT molecular complexity index is 1640. The third-order valence-electron chi connectivity index (χ3n) is 9.55. The monoisotopic (exact) mass is 714 g/mol. The molecular formula is C42H54N2O8. The van der Waals surface area contributed by atoms with E-state index in [-0.39, 0.29) is 43.2 Å². The lowest BCUT2D eigenvalue weighted by Gasteiger charge is -2.38. The summed E-state index contributed by atoms with van der Waals surface area (Å²) < 4.78 is 19.1. The molecular weight excluding hydrogens is 660 g/mol. The molecule has 0 spiro atoms. The molecule has 3 aromatic rings. The van der Waals surface area contributed by atoms with E-state index < -0.39 is 17.9 Å². The minimum absolute atomic E-state index is 0.0151. The predicted molar refractivity (Wildman–Crippen MR) is 198 cm³/mol. The number of hydrogen-bond acceptors (Lipinski definition) is 8. The van der Waals surface area contributed by atoms with Crippen LogP contribution >= 0.6 is 0 Å². The lowest BCUT2D eigenvalue weighted by Crippen LogP contribution is -2.45. The quantitative estimate of drug-likeness (QED) is 0.104. The van der Waals surface area contributed by atoms with E-state index in [9.17, 15) is 19.5 Å². The van der Waals surface area contributed by atoms with Gasteiger partial charge in [0.1, 0.15) is 11.6 Å². The van der Waals surface area contributed by atoms with E-state index in [0.717, 1.165) is 72.0 Å². The molecule has 1 amide bonds. The number of nitrogens with one attached hydrogen (secondary N) is 1. The largest absolute Gasteiger partial charge is 0.481 e. The second-order valence-corrected chi connectivity index (χ2v) is 14.9. The van der Waals surface area contributed by atoms with Crippen molar-refractivity contribution in [3.05, 3.63) is 95.1 Å². The first-order valence-corrected chi connectivity index (χ1v) is 18.6. The fourth-order valence-electron chi connectivity index (χ4n) is 6.91. The number of benzene rings is 3. The summed E-state index contributed by atoms with van der Waals surface area (Å²) in [6.45, 7) is 7.44. The lowest BCUT2D eigenvalue weighted by atomic mass is 9.98. The summed E-state index contributed by atoms with van der Waals surface area (Å²) >= 11 is 0. The van der Waals surface area contributed by atoms with Crippen LogP contribution in [0.2, 0.25) is 0 Å². The number of carboxylic acids is 1. The van der Waals surface area contributed by atoms with Crippen molar-refractivity contribution >= 4 is 17.8 Å². The summed E-state index contributed by atoms with van der Waals surface area (Å²) in [7, 11) is 0. The molecule has 2 heterocycles. The molecule has 3 N–H and O–H groups in total. The van der Waals surface area contributed by atoms with Gasteiger partial charge in [-0.1, -0.05) is 73.5 Å². The summed E-state index contributed by atoms with van der Waals surface area (Å²) in [5.74, 6) is -0.988. The van der Waals surface area contributed by atoms with Gasteiger partial charge >= 0.3 is 11.9 Å². The van der Waals surface area contributed by atoms with Crippen LogP contribution in [0.15, 0.2) is 72.8 Å². The number of amides is 1. The summed E-state index contributed by atoms with van der Waals surface area (Å²) in [5.41, 5.74) is 5.15. The Morgan fingerprint density at radius 2 is 1.58 bits per heavy atom. The molecule has 2 saturated heterocycles. The number of aliphatic hydroxyl groups is 1. The second-order valence-electron chi connectivity index (χ2n) is 14.9. The SMILES string of the molecule is CC(C)(C)OC(=O)[C@@H]1CCCN1C[C@H]1C[C@@H](c2ccc(CO)cc2)O[C@@H](c2cccc(-c3cccc(CNC(=O)CCCCCCC(=O)O)c3)c2)O1. The Balaban J connectivity index is 1.26. The number of esters is 1. The molecule has 0 bridgehead atoms. The number of ether oxygens (including phenoxy) is 3. The summed E-state index contributed by atoms with van der Waals surface area (Å²) in [6, 6.07) is 23.8. The Labute approximate surface area is 307 Å². The van der Waals surface area contributed by atoms with Gasteiger partial charge in [0.25, 0.3) is 0 Å². The molecule has 2 aliphatic rings. The molecule has 0 saturated carbocycles. The fourth-order valence-corrected chi connectivity index (χ4v) is 6.91. The van der Waals surface area contributed by atoms with E-state index in [1.807, 2.05) is 81.4 Å². The van der Waals surface area contributed by atoms with Crippen LogP contribution in [-0.4, -0.2) is 63.8 Å². The van der Waals surface area contributed by atoms with Gasteiger partial charge < -0.3 is 29.7 Å². The highest BCUT2D eigenvalue weighted by molar-refractivity contribution is 5.77. The van der Waals surface area contributed by atoms with Gasteiger partial charge in [-0.3, -0.25) is 19.3 Å². The van der Waals surface area contributed by atoms with Crippen LogP contribution in [0.25, 0.3) is 11.1 Å². The number of likely N-dealkylation sites (tertiary alicyclic amines) is 1. The van der Waals surface area contributed by atoms with Gasteiger partial charge in [-0.15, -0.1) is 0 Å². The van der Waals surface area contributed by atoms with E-state index >= 15 is 0 Å². The van der Waals surface area contributed by atoms with Crippen LogP contribution in [-0.2, 0) is 41.7 Å². The van der Waals surface area contributed by atoms with Crippen LogP contribution < -0.4 is 5.32 Å². The summed E-state index contributed by atoms with van der Waals surface area (Å²) in [4.78, 5) is 38.4. The minimum atomic E-state index is -0.782.